The molecule has 11 N–H and O–H groups in total. The Labute approximate surface area is 389 Å². The summed E-state index contributed by atoms with van der Waals surface area (Å²) in [6.07, 6.45) is 2.36. The summed E-state index contributed by atoms with van der Waals surface area (Å²) < 4.78 is 104. The molecule has 0 aliphatic carbocycles. The van der Waals surface area contributed by atoms with Crippen LogP contribution in [0.1, 0.15) is 11.1 Å². The van der Waals surface area contributed by atoms with Crippen LogP contribution in [0.15, 0.2) is 106 Å². The van der Waals surface area contributed by atoms with E-state index in [0.29, 0.717) is 5.69 Å². The fraction of sp³-hybridized carbons (Fsp3) is 0.200. The first-order valence-corrected chi connectivity index (χ1v) is 24.3. The molecule has 28 heteroatoms. The Bertz CT molecular complexity index is 3070. The average molecular weight is 997 g/mol. The number of hydrogen-bond acceptors (Lipinski definition) is 22. The second-order valence-electron chi connectivity index (χ2n) is 14.1. The summed E-state index contributed by atoms with van der Waals surface area (Å²) in [5.41, 5.74) is 0.743. The van der Waals surface area contributed by atoms with Crippen LogP contribution in [0, 0.1) is 0 Å². The van der Waals surface area contributed by atoms with Gasteiger partial charge in [-0.15, -0.1) is 0 Å². The summed E-state index contributed by atoms with van der Waals surface area (Å²) in [4.78, 5) is 27.4. The van der Waals surface area contributed by atoms with Gasteiger partial charge in [-0.25, -0.2) is 0 Å². The van der Waals surface area contributed by atoms with Crippen molar-refractivity contribution in [2.24, 2.45) is 0 Å². The SMILES string of the molecule is O=S(=O)(O)c1ccc(Nc2nc(Nc3ccc(C=Cc4ccc(Nc5nc(Nc6ccccc6)nc(N(CCO)CCO)n5)cc4S(=O)(=O)O)c(S(=O)(=O)O)c3)nc(N(CCO)CCO)n2)cc1. The van der Waals surface area contributed by atoms with Crippen LogP contribution in [0.5, 0.6) is 0 Å². The average Bonchev–Trinajstić information content (AvgIpc) is 3.28. The quantitative estimate of drug-likeness (QED) is 0.0324. The van der Waals surface area contributed by atoms with Crippen molar-refractivity contribution in [3.63, 3.8) is 0 Å². The summed E-state index contributed by atoms with van der Waals surface area (Å²) >= 11 is 0. The number of hydrogen-bond donors (Lipinski definition) is 11. The van der Waals surface area contributed by atoms with E-state index in [0.717, 1.165) is 24.3 Å². The number of rotatable bonds is 23. The summed E-state index contributed by atoms with van der Waals surface area (Å²) in [7, 11) is -14.4. The topological polar surface area (TPSA) is 376 Å². The molecule has 0 fully saturated rings. The van der Waals surface area contributed by atoms with Gasteiger partial charge < -0.3 is 51.5 Å². The van der Waals surface area contributed by atoms with E-state index < -0.39 is 40.1 Å². The molecule has 2 aromatic heterocycles. The number of anilines is 10. The summed E-state index contributed by atoms with van der Waals surface area (Å²) in [5.74, 6) is -0.364. The second kappa shape index (κ2) is 22.2. The highest BCUT2D eigenvalue weighted by atomic mass is 32.2. The van der Waals surface area contributed by atoms with Gasteiger partial charge in [0.25, 0.3) is 30.4 Å². The third-order valence-corrected chi connectivity index (χ3v) is 12.0. The van der Waals surface area contributed by atoms with Crippen molar-refractivity contribution in [2.45, 2.75) is 14.7 Å². The molecule has 6 rings (SSSR count). The standard InChI is InChI=1S/C40H44N12O13S3/c53-20-16-51(17-21-54)39-47-35(41-28-4-2-1-3-5-28)45-37(49-39)43-30-10-8-26(33(24-30)67(60,61)62)6-7-27-9-11-31(25-34(27)68(63,64)65)44-38-46-36(48-40(50-38)52(18-22-55)19-23-56)42-29-12-14-32(15-13-29)66(57,58)59/h1-15,24-25,53-56H,16-23H2,(H,57,58,59)(H,60,61,62)(H,63,64,65)(H2,41,43,45,47,49)(H2,42,44,46,48,50). The van der Waals surface area contributed by atoms with E-state index in [9.17, 15) is 59.3 Å². The molecule has 0 aliphatic rings. The molecule has 0 bridgehead atoms. The number of aromatic nitrogens is 6. The molecule has 0 radical (unpaired) electrons. The van der Waals surface area contributed by atoms with E-state index in [-0.39, 0.29) is 121 Å². The number of nitrogens with one attached hydrogen (secondary N) is 4. The lowest BCUT2D eigenvalue weighted by molar-refractivity contribution is 0.279. The zero-order chi connectivity index (χ0) is 49.1. The first kappa shape index (κ1) is 50.4. The lowest BCUT2D eigenvalue weighted by atomic mass is 10.1. The highest BCUT2D eigenvalue weighted by Gasteiger charge is 2.21. The van der Waals surface area contributed by atoms with Gasteiger partial charge in [-0.1, -0.05) is 42.5 Å². The van der Waals surface area contributed by atoms with Crippen LogP contribution >= 0.6 is 0 Å². The Kier molecular flexibility index (Phi) is 16.5. The minimum absolute atomic E-state index is 0.0137. The Morgan fingerprint density at radius 2 is 0.765 bits per heavy atom. The molecule has 0 saturated carbocycles. The van der Waals surface area contributed by atoms with Crippen molar-refractivity contribution in [1.82, 2.24) is 29.9 Å². The van der Waals surface area contributed by atoms with Gasteiger partial charge in [0.1, 0.15) is 9.79 Å². The zero-order valence-electron chi connectivity index (χ0n) is 35.4. The molecular formula is C40H44N12O13S3. The first-order chi connectivity index (χ1) is 32.4. The van der Waals surface area contributed by atoms with Gasteiger partial charge in [-0.05, 0) is 71.8 Å². The molecule has 6 aromatic rings. The van der Waals surface area contributed by atoms with Gasteiger partial charge in [0.2, 0.25) is 35.7 Å². The second-order valence-corrected chi connectivity index (χ2v) is 18.3. The third-order valence-electron chi connectivity index (χ3n) is 9.27. The minimum atomic E-state index is -4.99. The molecule has 0 spiro atoms. The maximum Gasteiger partial charge on any atom is 0.295 e. The Morgan fingerprint density at radius 3 is 1.10 bits per heavy atom. The van der Waals surface area contributed by atoms with E-state index in [2.05, 4.69) is 51.2 Å². The zero-order valence-corrected chi connectivity index (χ0v) is 37.8. The molecule has 0 saturated heterocycles. The van der Waals surface area contributed by atoms with Crippen LogP contribution in [0.25, 0.3) is 12.2 Å². The molecule has 0 atom stereocenters. The lowest BCUT2D eigenvalue weighted by Crippen LogP contribution is -2.31. The van der Waals surface area contributed by atoms with E-state index in [4.69, 9.17) is 0 Å². The monoisotopic (exact) mass is 996 g/mol. The third kappa shape index (κ3) is 13.8. The van der Waals surface area contributed by atoms with Crippen LogP contribution in [-0.2, 0) is 30.4 Å². The van der Waals surface area contributed by atoms with E-state index >= 15 is 0 Å². The first-order valence-electron chi connectivity index (χ1n) is 19.9. The molecule has 0 unspecified atom stereocenters. The van der Waals surface area contributed by atoms with Gasteiger partial charge in [0, 0.05) is 48.9 Å². The summed E-state index contributed by atoms with van der Waals surface area (Å²) in [6.45, 7) is -1.24. The van der Waals surface area contributed by atoms with Crippen LogP contribution in [0.3, 0.4) is 0 Å². The Balaban J connectivity index is 1.31. The largest absolute Gasteiger partial charge is 0.395 e. The molecule has 0 aliphatic heterocycles. The van der Waals surface area contributed by atoms with Crippen molar-refractivity contribution in [1.29, 1.82) is 0 Å². The summed E-state index contributed by atoms with van der Waals surface area (Å²) in [5, 5.41) is 50.1. The molecule has 360 valence electrons. The highest BCUT2D eigenvalue weighted by molar-refractivity contribution is 7.86. The molecule has 68 heavy (non-hydrogen) atoms. The molecule has 0 amide bonds. The lowest BCUT2D eigenvalue weighted by Gasteiger charge is -2.21. The predicted molar refractivity (Wildman–Crippen MR) is 250 cm³/mol. The van der Waals surface area contributed by atoms with Crippen molar-refractivity contribution < 1.29 is 59.3 Å². The number of benzene rings is 4. The Morgan fingerprint density at radius 1 is 0.426 bits per heavy atom. The highest BCUT2D eigenvalue weighted by Crippen LogP contribution is 2.29. The van der Waals surface area contributed by atoms with E-state index in [1.165, 1.54) is 58.4 Å². The minimum Gasteiger partial charge on any atom is -0.395 e. The smallest absolute Gasteiger partial charge is 0.295 e. The van der Waals surface area contributed by atoms with Crippen LogP contribution in [0.2, 0.25) is 0 Å². The van der Waals surface area contributed by atoms with Crippen molar-refractivity contribution in [3.05, 3.63) is 102 Å². The molecule has 25 nitrogen and oxygen atoms in total. The van der Waals surface area contributed by atoms with Crippen LogP contribution in [0.4, 0.5) is 58.4 Å². The van der Waals surface area contributed by atoms with Crippen LogP contribution < -0.4 is 31.1 Å². The van der Waals surface area contributed by atoms with Gasteiger partial charge in [-0.3, -0.25) is 13.7 Å². The predicted octanol–water partition coefficient (Wildman–Crippen LogP) is 2.52. The van der Waals surface area contributed by atoms with Crippen molar-refractivity contribution in [3.8, 4) is 0 Å². The van der Waals surface area contributed by atoms with Crippen molar-refractivity contribution in [2.75, 3.05) is 83.7 Å². The fourth-order valence-electron chi connectivity index (χ4n) is 6.22. The molecular weight excluding hydrogens is 953 g/mol. The van der Waals surface area contributed by atoms with Gasteiger partial charge in [0.15, 0.2) is 0 Å². The van der Waals surface area contributed by atoms with Crippen LogP contribution in [-0.4, -0.2) is 142 Å². The van der Waals surface area contributed by atoms with Crippen molar-refractivity contribution >= 4 is 101 Å². The maximum atomic E-state index is 12.8. The number of aliphatic hydroxyl groups is 4. The normalized spacial score (nSPS) is 11.9. The van der Waals surface area contributed by atoms with Gasteiger partial charge in [-0.2, -0.15) is 55.2 Å². The number of para-hydroxylation sites is 1. The van der Waals surface area contributed by atoms with Gasteiger partial charge in [0.05, 0.1) is 31.3 Å². The number of nitrogens with zero attached hydrogens (tertiary/aromatic N) is 8. The van der Waals surface area contributed by atoms with Gasteiger partial charge >= 0.3 is 0 Å². The van der Waals surface area contributed by atoms with E-state index in [1.807, 2.05) is 6.07 Å². The molecule has 4 aromatic carbocycles. The summed E-state index contributed by atoms with van der Waals surface area (Å²) in [6, 6.07) is 21.2. The maximum absolute atomic E-state index is 12.8. The molecule has 2 heterocycles. The fourth-order valence-corrected chi connectivity index (χ4v) is 8.12. The van der Waals surface area contributed by atoms with E-state index in [1.54, 1.807) is 24.3 Å². The Hall–Kier alpha value is -6.99. The number of aliphatic hydroxyl groups excluding tert-OH is 4.